The number of aromatic carboxylic acids is 1. The number of ketones is 1. The predicted molar refractivity (Wildman–Crippen MR) is 71.1 cm³/mol. The molecule has 1 aromatic heterocycles. The Bertz CT molecular complexity index is 468. The average molecular weight is 284 g/mol. The first-order valence-electron chi connectivity index (χ1n) is 6.05. The van der Waals surface area contributed by atoms with Crippen molar-refractivity contribution >= 4 is 28.2 Å². The third-order valence-corrected chi connectivity index (χ3v) is 4.28. The van der Waals surface area contributed by atoms with Gasteiger partial charge in [0.15, 0.2) is 16.6 Å². The number of hydrogen-bond donors (Lipinski definition) is 2. The number of thiazole rings is 1. The molecule has 0 aliphatic heterocycles. The van der Waals surface area contributed by atoms with Crippen LogP contribution < -0.4 is 5.32 Å². The number of carboxylic acids is 1. The average Bonchev–Trinajstić information content (AvgIpc) is 2.96. The smallest absolute Gasteiger partial charge is 0.356 e. The summed E-state index contributed by atoms with van der Waals surface area (Å²) in [7, 11) is 1.69. The van der Waals surface area contributed by atoms with Crippen LogP contribution in [-0.2, 0) is 4.74 Å². The Labute approximate surface area is 114 Å². The molecule has 2 N–H and O–H groups in total. The summed E-state index contributed by atoms with van der Waals surface area (Å²) in [5, 5.41) is 12.7. The number of carboxylic acid groups (broad SMARTS) is 1. The second-order valence-electron chi connectivity index (χ2n) is 4.57. The molecule has 1 aliphatic carbocycles. The van der Waals surface area contributed by atoms with Crippen molar-refractivity contribution in [2.24, 2.45) is 0 Å². The molecular formula is C12H16N2O4S. The second-order valence-corrected chi connectivity index (χ2v) is 5.57. The zero-order valence-electron chi connectivity index (χ0n) is 10.8. The van der Waals surface area contributed by atoms with E-state index in [0.717, 1.165) is 30.6 Å². The number of rotatable bonds is 5. The molecule has 7 heteroatoms. The van der Waals surface area contributed by atoms with Crippen molar-refractivity contribution in [1.29, 1.82) is 0 Å². The molecule has 1 aliphatic rings. The SMILES string of the molecule is COC1CCC(Nc2nc(C(=O)O)c(C(C)=O)s2)C1. The second kappa shape index (κ2) is 5.66. The van der Waals surface area contributed by atoms with Crippen LogP contribution in [0.3, 0.4) is 0 Å². The van der Waals surface area contributed by atoms with Crippen molar-refractivity contribution in [2.75, 3.05) is 12.4 Å². The highest BCUT2D eigenvalue weighted by Gasteiger charge is 2.27. The first kappa shape index (κ1) is 14.0. The maximum Gasteiger partial charge on any atom is 0.356 e. The van der Waals surface area contributed by atoms with E-state index in [-0.39, 0.29) is 28.5 Å². The maximum atomic E-state index is 11.4. The van der Waals surface area contributed by atoms with E-state index in [0.29, 0.717) is 5.13 Å². The standard InChI is InChI=1S/C12H16N2O4S/c1-6(15)10-9(11(16)17)14-12(19-10)13-7-3-4-8(5-7)18-2/h7-8H,3-5H2,1-2H3,(H,13,14)(H,16,17). The summed E-state index contributed by atoms with van der Waals surface area (Å²) < 4.78 is 5.28. The molecule has 104 valence electrons. The van der Waals surface area contributed by atoms with Crippen LogP contribution in [0.25, 0.3) is 0 Å². The number of ether oxygens (including phenoxy) is 1. The summed E-state index contributed by atoms with van der Waals surface area (Å²) in [4.78, 5) is 26.6. The van der Waals surface area contributed by atoms with E-state index in [1.54, 1.807) is 7.11 Å². The zero-order valence-corrected chi connectivity index (χ0v) is 11.6. The van der Waals surface area contributed by atoms with Crippen LogP contribution in [0.4, 0.5) is 5.13 Å². The Morgan fingerprint density at radius 1 is 1.47 bits per heavy atom. The molecule has 1 fully saturated rings. The Kier molecular flexibility index (Phi) is 4.16. The van der Waals surface area contributed by atoms with Crippen molar-refractivity contribution in [1.82, 2.24) is 4.98 Å². The number of Topliss-reactive ketones (excluding diaryl/α,β-unsaturated/α-hetero) is 1. The molecule has 0 spiro atoms. The molecule has 0 bridgehead atoms. The van der Waals surface area contributed by atoms with Crippen LogP contribution >= 0.6 is 11.3 Å². The molecule has 19 heavy (non-hydrogen) atoms. The van der Waals surface area contributed by atoms with Gasteiger partial charge in [0.2, 0.25) is 0 Å². The summed E-state index contributed by atoms with van der Waals surface area (Å²) in [6.07, 6.45) is 3.04. The lowest BCUT2D eigenvalue weighted by Gasteiger charge is -2.11. The molecule has 1 aromatic rings. The quantitative estimate of drug-likeness (QED) is 0.804. The highest BCUT2D eigenvalue weighted by molar-refractivity contribution is 7.17. The van der Waals surface area contributed by atoms with Crippen molar-refractivity contribution in [3.8, 4) is 0 Å². The topological polar surface area (TPSA) is 88.5 Å². The van der Waals surface area contributed by atoms with Gasteiger partial charge in [-0.2, -0.15) is 0 Å². The minimum atomic E-state index is -1.17. The summed E-state index contributed by atoms with van der Waals surface area (Å²) >= 11 is 1.10. The number of hydrogen-bond acceptors (Lipinski definition) is 6. The number of nitrogens with one attached hydrogen (secondary N) is 1. The van der Waals surface area contributed by atoms with Gasteiger partial charge in [0, 0.05) is 20.1 Å². The summed E-state index contributed by atoms with van der Waals surface area (Å²) in [6.45, 7) is 1.35. The predicted octanol–water partition coefficient (Wildman–Crippen LogP) is 2.02. The van der Waals surface area contributed by atoms with Crippen LogP contribution in [0, 0.1) is 0 Å². The normalized spacial score (nSPS) is 22.4. The van der Waals surface area contributed by atoms with Crippen LogP contribution in [0.2, 0.25) is 0 Å². The third-order valence-electron chi connectivity index (χ3n) is 3.19. The minimum Gasteiger partial charge on any atom is -0.476 e. The van der Waals surface area contributed by atoms with Crippen molar-refractivity contribution in [2.45, 2.75) is 38.3 Å². The lowest BCUT2D eigenvalue weighted by molar-refractivity contribution is 0.0687. The number of methoxy groups -OCH3 is 1. The Morgan fingerprint density at radius 3 is 2.68 bits per heavy atom. The van der Waals surface area contributed by atoms with Crippen LogP contribution in [0.5, 0.6) is 0 Å². The molecule has 0 saturated heterocycles. The Balaban J connectivity index is 2.11. The summed E-state index contributed by atoms with van der Waals surface area (Å²) in [5.41, 5.74) is -0.165. The van der Waals surface area contributed by atoms with E-state index in [9.17, 15) is 9.59 Å². The van der Waals surface area contributed by atoms with Gasteiger partial charge in [0.25, 0.3) is 0 Å². The fourth-order valence-electron chi connectivity index (χ4n) is 2.23. The Hall–Kier alpha value is -1.47. The lowest BCUT2D eigenvalue weighted by atomic mass is 10.2. The first-order valence-corrected chi connectivity index (χ1v) is 6.87. The molecule has 0 radical (unpaired) electrons. The van der Waals surface area contributed by atoms with Gasteiger partial charge in [-0.15, -0.1) is 0 Å². The number of aromatic nitrogens is 1. The first-order chi connectivity index (χ1) is 9.01. The van der Waals surface area contributed by atoms with Gasteiger partial charge >= 0.3 is 5.97 Å². The number of nitrogens with zero attached hydrogens (tertiary/aromatic N) is 1. The molecule has 0 aromatic carbocycles. The molecule has 6 nitrogen and oxygen atoms in total. The van der Waals surface area contributed by atoms with E-state index in [1.807, 2.05) is 0 Å². The lowest BCUT2D eigenvalue weighted by Crippen LogP contribution is -2.17. The highest BCUT2D eigenvalue weighted by Crippen LogP contribution is 2.29. The van der Waals surface area contributed by atoms with Gasteiger partial charge in [0.05, 0.1) is 6.10 Å². The van der Waals surface area contributed by atoms with Gasteiger partial charge in [-0.1, -0.05) is 11.3 Å². The maximum absolute atomic E-state index is 11.4. The fourth-order valence-corrected chi connectivity index (χ4v) is 3.15. The molecule has 1 heterocycles. The molecule has 0 amide bonds. The number of carbonyl (C=O) groups is 2. The van der Waals surface area contributed by atoms with Crippen molar-refractivity contribution < 1.29 is 19.4 Å². The van der Waals surface area contributed by atoms with Gasteiger partial charge < -0.3 is 15.2 Å². The van der Waals surface area contributed by atoms with Crippen molar-refractivity contribution in [3.63, 3.8) is 0 Å². The van der Waals surface area contributed by atoms with Crippen LogP contribution in [0.15, 0.2) is 0 Å². The Morgan fingerprint density at radius 2 is 2.21 bits per heavy atom. The minimum absolute atomic E-state index is 0.165. The van der Waals surface area contributed by atoms with E-state index in [2.05, 4.69) is 10.3 Å². The van der Waals surface area contributed by atoms with Gasteiger partial charge in [-0.05, 0) is 19.3 Å². The molecule has 2 rings (SSSR count). The van der Waals surface area contributed by atoms with Gasteiger partial charge in [0.1, 0.15) is 4.88 Å². The number of carbonyl (C=O) groups excluding carboxylic acids is 1. The molecular weight excluding hydrogens is 268 g/mol. The van der Waals surface area contributed by atoms with Crippen molar-refractivity contribution in [3.05, 3.63) is 10.6 Å². The van der Waals surface area contributed by atoms with Crippen LogP contribution in [-0.4, -0.2) is 41.1 Å². The van der Waals surface area contributed by atoms with Crippen LogP contribution in [0.1, 0.15) is 46.3 Å². The van der Waals surface area contributed by atoms with Gasteiger partial charge in [-0.3, -0.25) is 4.79 Å². The fraction of sp³-hybridized carbons (Fsp3) is 0.583. The summed E-state index contributed by atoms with van der Waals surface area (Å²) in [6, 6.07) is 0.220. The third kappa shape index (κ3) is 3.10. The number of anilines is 1. The highest BCUT2D eigenvalue weighted by atomic mass is 32.1. The van der Waals surface area contributed by atoms with E-state index >= 15 is 0 Å². The summed E-state index contributed by atoms with van der Waals surface area (Å²) in [5.74, 6) is -1.44. The molecule has 2 unspecified atom stereocenters. The molecule has 2 atom stereocenters. The largest absolute Gasteiger partial charge is 0.476 e. The van der Waals surface area contributed by atoms with E-state index < -0.39 is 5.97 Å². The van der Waals surface area contributed by atoms with Gasteiger partial charge in [-0.25, -0.2) is 9.78 Å². The zero-order chi connectivity index (χ0) is 14.0. The molecule has 1 saturated carbocycles. The monoisotopic (exact) mass is 284 g/mol. The van der Waals surface area contributed by atoms with E-state index in [1.165, 1.54) is 6.92 Å². The van der Waals surface area contributed by atoms with E-state index in [4.69, 9.17) is 9.84 Å².